The number of amides is 1. The zero-order valence-electron chi connectivity index (χ0n) is 18.7. The highest BCUT2D eigenvalue weighted by molar-refractivity contribution is 7.98. The quantitative estimate of drug-likeness (QED) is 0.368. The van der Waals surface area contributed by atoms with Gasteiger partial charge in [0.1, 0.15) is 0 Å². The van der Waals surface area contributed by atoms with Crippen molar-refractivity contribution in [1.82, 2.24) is 4.31 Å². The van der Waals surface area contributed by atoms with Crippen LogP contribution in [0.3, 0.4) is 0 Å². The molecule has 0 aromatic heterocycles. The summed E-state index contributed by atoms with van der Waals surface area (Å²) in [6.45, 7) is 1.13. The fraction of sp³-hybridized carbons (Fsp3) is 0.269. The van der Waals surface area contributed by atoms with Crippen LogP contribution < -0.4 is 5.32 Å². The fourth-order valence-electron chi connectivity index (χ4n) is 3.79. The summed E-state index contributed by atoms with van der Waals surface area (Å²) in [6, 6.07) is 21.6. The summed E-state index contributed by atoms with van der Waals surface area (Å²) in [5, 5.41) is 3.56. The standard InChI is InChI=1S/C26H27ClN2O3S2/c27-22-9-13-24(14-10-22)33-19-20-5-7-21(8-6-20)26(30)28-23-11-15-25(16-12-23)34(31,32)29-17-3-1-2-4-18-29/h5-16H,1-4,17-19H2,(H,28,30). The fourth-order valence-corrected chi connectivity index (χ4v) is 6.29. The van der Waals surface area contributed by atoms with E-state index in [2.05, 4.69) is 5.32 Å². The van der Waals surface area contributed by atoms with E-state index in [1.807, 2.05) is 36.4 Å². The molecule has 0 saturated carbocycles. The van der Waals surface area contributed by atoms with E-state index in [1.54, 1.807) is 52.5 Å². The monoisotopic (exact) mass is 514 g/mol. The van der Waals surface area contributed by atoms with Gasteiger partial charge in [0.2, 0.25) is 10.0 Å². The van der Waals surface area contributed by atoms with Crippen LogP contribution in [-0.2, 0) is 15.8 Å². The van der Waals surface area contributed by atoms with Gasteiger partial charge in [-0.25, -0.2) is 8.42 Å². The third-order valence-corrected chi connectivity index (χ3v) is 9.00. The summed E-state index contributed by atoms with van der Waals surface area (Å²) in [7, 11) is -3.50. The zero-order valence-corrected chi connectivity index (χ0v) is 21.1. The van der Waals surface area contributed by atoms with E-state index in [9.17, 15) is 13.2 Å². The third kappa shape index (κ3) is 6.42. The predicted molar refractivity (Wildman–Crippen MR) is 139 cm³/mol. The number of benzene rings is 3. The number of sulfonamides is 1. The molecule has 0 atom stereocenters. The van der Waals surface area contributed by atoms with Gasteiger partial charge in [-0.05, 0) is 79.1 Å². The van der Waals surface area contributed by atoms with Crippen molar-refractivity contribution in [2.45, 2.75) is 41.2 Å². The molecule has 4 rings (SSSR count). The molecule has 0 unspecified atom stereocenters. The molecular formula is C26H27ClN2O3S2. The zero-order chi connectivity index (χ0) is 24.0. The maximum Gasteiger partial charge on any atom is 0.255 e. The van der Waals surface area contributed by atoms with Crippen molar-refractivity contribution < 1.29 is 13.2 Å². The molecule has 1 N–H and O–H groups in total. The number of nitrogens with one attached hydrogen (secondary N) is 1. The minimum atomic E-state index is -3.50. The molecule has 3 aromatic carbocycles. The van der Waals surface area contributed by atoms with Gasteiger partial charge in [0.15, 0.2) is 0 Å². The first-order valence-corrected chi connectivity index (χ1v) is 14.1. The first-order valence-electron chi connectivity index (χ1n) is 11.3. The van der Waals surface area contributed by atoms with Crippen LogP contribution in [0.4, 0.5) is 5.69 Å². The van der Waals surface area contributed by atoms with E-state index >= 15 is 0 Å². The highest BCUT2D eigenvalue weighted by atomic mass is 35.5. The molecule has 34 heavy (non-hydrogen) atoms. The summed E-state index contributed by atoms with van der Waals surface area (Å²) < 4.78 is 27.4. The molecule has 0 bridgehead atoms. The Kier molecular flexibility index (Phi) is 8.32. The lowest BCUT2D eigenvalue weighted by molar-refractivity contribution is 0.102. The van der Waals surface area contributed by atoms with Gasteiger partial charge in [-0.3, -0.25) is 4.79 Å². The summed E-state index contributed by atoms with van der Waals surface area (Å²) in [5.41, 5.74) is 2.21. The van der Waals surface area contributed by atoms with Gasteiger partial charge in [0, 0.05) is 40.0 Å². The number of carbonyl (C=O) groups excluding carboxylic acids is 1. The Morgan fingerprint density at radius 1 is 0.853 bits per heavy atom. The number of halogens is 1. The van der Waals surface area contributed by atoms with Gasteiger partial charge < -0.3 is 5.32 Å². The molecule has 178 valence electrons. The number of nitrogens with zero attached hydrogens (tertiary/aromatic N) is 1. The maximum absolute atomic E-state index is 12.9. The van der Waals surface area contributed by atoms with Crippen LogP contribution in [-0.4, -0.2) is 31.7 Å². The Morgan fingerprint density at radius 3 is 2.09 bits per heavy atom. The Morgan fingerprint density at radius 2 is 1.47 bits per heavy atom. The average Bonchev–Trinajstić information content (AvgIpc) is 3.15. The van der Waals surface area contributed by atoms with Crippen LogP contribution >= 0.6 is 23.4 Å². The van der Waals surface area contributed by atoms with Crippen molar-refractivity contribution in [3.63, 3.8) is 0 Å². The lowest BCUT2D eigenvalue weighted by Crippen LogP contribution is -2.31. The van der Waals surface area contributed by atoms with Crippen molar-refractivity contribution in [2.24, 2.45) is 0 Å². The molecule has 0 aliphatic carbocycles. The molecule has 1 aliphatic rings. The van der Waals surface area contributed by atoms with E-state index in [0.717, 1.165) is 41.9 Å². The average molecular weight is 515 g/mol. The van der Waals surface area contributed by atoms with Crippen molar-refractivity contribution in [3.05, 3.63) is 88.9 Å². The molecule has 1 amide bonds. The van der Waals surface area contributed by atoms with E-state index in [-0.39, 0.29) is 10.8 Å². The number of thioether (sulfide) groups is 1. The van der Waals surface area contributed by atoms with Crippen LogP contribution in [0.1, 0.15) is 41.6 Å². The number of rotatable bonds is 7. The largest absolute Gasteiger partial charge is 0.322 e. The second kappa shape index (κ2) is 11.4. The molecular weight excluding hydrogens is 488 g/mol. The van der Waals surface area contributed by atoms with Gasteiger partial charge in [-0.1, -0.05) is 36.6 Å². The van der Waals surface area contributed by atoms with Crippen LogP contribution in [0, 0.1) is 0 Å². The molecule has 1 fully saturated rings. The second-order valence-electron chi connectivity index (χ2n) is 8.24. The number of anilines is 1. The SMILES string of the molecule is O=C(Nc1ccc(S(=O)(=O)N2CCCCCC2)cc1)c1ccc(CSc2ccc(Cl)cc2)cc1. The maximum atomic E-state index is 12.9. The van der Waals surface area contributed by atoms with Crippen molar-refractivity contribution in [1.29, 1.82) is 0 Å². The topological polar surface area (TPSA) is 66.5 Å². The van der Waals surface area contributed by atoms with Crippen molar-refractivity contribution in [3.8, 4) is 0 Å². The molecule has 8 heteroatoms. The number of hydrogen-bond acceptors (Lipinski definition) is 4. The molecule has 1 aliphatic heterocycles. The minimum Gasteiger partial charge on any atom is -0.322 e. The van der Waals surface area contributed by atoms with Crippen LogP contribution in [0.5, 0.6) is 0 Å². The van der Waals surface area contributed by atoms with Gasteiger partial charge >= 0.3 is 0 Å². The van der Waals surface area contributed by atoms with E-state index < -0.39 is 10.0 Å². The van der Waals surface area contributed by atoms with Crippen LogP contribution in [0.15, 0.2) is 82.6 Å². The van der Waals surface area contributed by atoms with E-state index in [4.69, 9.17) is 11.6 Å². The highest BCUT2D eigenvalue weighted by Crippen LogP contribution is 2.25. The van der Waals surface area contributed by atoms with Crippen LogP contribution in [0.2, 0.25) is 5.02 Å². The number of hydrogen-bond donors (Lipinski definition) is 1. The Hall–Kier alpha value is -2.32. The van der Waals surface area contributed by atoms with Gasteiger partial charge in [0.05, 0.1) is 4.90 Å². The number of carbonyl (C=O) groups is 1. The Labute approximate surface area is 210 Å². The molecule has 1 heterocycles. The summed E-state index contributed by atoms with van der Waals surface area (Å²) >= 11 is 7.63. The minimum absolute atomic E-state index is 0.236. The smallest absolute Gasteiger partial charge is 0.255 e. The van der Waals surface area contributed by atoms with E-state index in [1.165, 1.54) is 0 Å². The Bertz CT molecular complexity index is 1200. The molecule has 5 nitrogen and oxygen atoms in total. The molecule has 3 aromatic rings. The first kappa shape index (κ1) is 24.8. The normalized spacial score (nSPS) is 15.0. The third-order valence-electron chi connectivity index (χ3n) is 5.75. The van der Waals surface area contributed by atoms with E-state index in [0.29, 0.717) is 29.4 Å². The summed E-state index contributed by atoms with van der Waals surface area (Å²) in [4.78, 5) is 14.0. The lowest BCUT2D eigenvalue weighted by Gasteiger charge is -2.20. The van der Waals surface area contributed by atoms with Crippen molar-refractivity contribution in [2.75, 3.05) is 18.4 Å². The first-order chi connectivity index (χ1) is 16.4. The summed E-state index contributed by atoms with van der Waals surface area (Å²) in [6.07, 6.45) is 3.93. The lowest BCUT2D eigenvalue weighted by atomic mass is 10.1. The van der Waals surface area contributed by atoms with Gasteiger partial charge in [-0.2, -0.15) is 4.31 Å². The molecule has 0 radical (unpaired) electrons. The molecule has 1 saturated heterocycles. The van der Waals surface area contributed by atoms with Gasteiger partial charge in [0.25, 0.3) is 5.91 Å². The predicted octanol–water partition coefficient (Wildman–Crippen LogP) is 6.45. The Balaban J connectivity index is 1.34. The van der Waals surface area contributed by atoms with Crippen molar-refractivity contribution >= 4 is 45.0 Å². The van der Waals surface area contributed by atoms with Gasteiger partial charge in [-0.15, -0.1) is 11.8 Å². The second-order valence-corrected chi connectivity index (χ2v) is 11.7. The molecule has 0 spiro atoms. The highest BCUT2D eigenvalue weighted by Gasteiger charge is 2.25. The van der Waals surface area contributed by atoms with Crippen LogP contribution in [0.25, 0.3) is 0 Å². The summed E-state index contributed by atoms with van der Waals surface area (Å²) in [5.74, 6) is 0.552.